The lowest BCUT2D eigenvalue weighted by atomic mass is 9.84. The van der Waals surface area contributed by atoms with Gasteiger partial charge in [0.25, 0.3) is 0 Å². The summed E-state index contributed by atoms with van der Waals surface area (Å²) >= 11 is 1.90. The molecular formula is C14H17NOS. The van der Waals surface area contributed by atoms with Crippen LogP contribution in [0, 0.1) is 5.92 Å². The van der Waals surface area contributed by atoms with Gasteiger partial charge in [0, 0.05) is 16.6 Å². The highest BCUT2D eigenvalue weighted by Crippen LogP contribution is 2.36. The van der Waals surface area contributed by atoms with Gasteiger partial charge in [0.15, 0.2) is 0 Å². The van der Waals surface area contributed by atoms with Crippen molar-refractivity contribution < 1.29 is 4.79 Å². The van der Waals surface area contributed by atoms with Crippen molar-refractivity contribution in [2.45, 2.75) is 36.6 Å². The third-order valence-corrected chi connectivity index (χ3v) is 4.87. The Labute approximate surface area is 106 Å². The first kappa shape index (κ1) is 11.1. The molecule has 17 heavy (non-hydrogen) atoms. The molecule has 1 aromatic carbocycles. The summed E-state index contributed by atoms with van der Waals surface area (Å²) in [5, 5.41) is 3.22. The summed E-state index contributed by atoms with van der Waals surface area (Å²) in [6, 6.07) is 8.67. The normalized spacial score (nSPS) is 23.6. The zero-order valence-electron chi connectivity index (χ0n) is 9.82. The van der Waals surface area contributed by atoms with Gasteiger partial charge in [-0.05, 0) is 30.9 Å². The molecule has 0 bridgehead atoms. The van der Waals surface area contributed by atoms with Crippen LogP contribution in [0.15, 0.2) is 29.2 Å². The van der Waals surface area contributed by atoms with Crippen LogP contribution in [0.2, 0.25) is 0 Å². The molecule has 1 amide bonds. The first-order valence-corrected chi connectivity index (χ1v) is 7.35. The highest BCUT2D eigenvalue weighted by atomic mass is 32.2. The van der Waals surface area contributed by atoms with Gasteiger partial charge >= 0.3 is 0 Å². The van der Waals surface area contributed by atoms with Crippen LogP contribution in [-0.2, 0) is 4.79 Å². The van der Waals surface area contributed by atoms with Crippen LogP contribution in [0.25, 0.3) is 0 Å². The summed E-state index contributed by atoms with van der Waals surface area (Å²) in [4.78, 5) is 13.3. The summed E-state index contributed by atoms with van der Waals surface area (Å²) in [5.74, 6) is 1.66. The van der Waals surface area contributed by atoms with Crippen molar-refractivity contribution in [1.82, 2.24) is 5.32 Å². The van der Waals surface area contributed by atoms with Crippen LogP contribution in [-0.4, -0.2) is 11.7 Å². The standard InChI is InChI=1S/C14H17NOS/c16-14(10-4-3-5-10)15-12-8-9-17-13-7-2-1-6-11(12)13/h1-2,6-7,10,12H,3-5,8-9H2,(H,15,16)/t12-/m1/s1. The first-order valence-electron chi connectivity index (χ1n) is 6.37. The summed E-state index contributed by atoms with van der Waals surface area (Å²) in [7, 11) is 0. The molecule has 3 rings (SSSR count). The van der Waals surface area contributed by atoms with Gasteiger partial charge in [0.05, 0.1) is 6.04 Å². The number of benzene rings is 1. The molecule has 1 saturated carbocycles. The molecule has 0 radical (unpaired) electrons. The Bertz CT molecular complexity index is 428. The van der Waals surface area contributed by atoms with Crippen LogP contribution in [0.3, 0.4) is 0 Å². The highest BCUT2D eigenvalue weighted by molar-refractivity contribution is 7.99. The number of nitrogens with one attached hydrogen (secondary N) is 1. The van der Waals surface area contributed by atoms with Crippen LogP contribution >= 0.6 is 11.8 Å². The molecule has 0 unspecified atom stereocenters. The second kappa shape index (κ2) is 4.73. The van der Waals surface area contributed by atoms with E-state index in [1.165, 1.54) is 16.9 Å². The van der Waals surface area contributed by atoms with E-state index < -0.39 is 0 Å². The number of thioether (sulfide) groups is 1. The average molecular weight is 247 g/mol. The average Bonchev–Trinajstić information content (AvgIpc) is 2.27. The number of rotatable bonds is 2. The topological polar surface area (TPSA) is 29.1 Å². The fourth-order valence-electron chi connectivity index (χ4n) is 2.45. The predicted octanol–water partition coefficient (Wildman–Crippen LogP) is 3.14. The Hall–Kier alpha value is -0.960. The highest BCUT2D eigenvalue weighted by Gasteiger charge is 2.28. The van der Waals surface area contributed by atoms with Crippen molar-refractivity contribution in [1.29, 1.82) is 0 Å². The van der Waals surface area contributed by atoms with Crippen LogP contribution in [0.4, 0.5) is 0 Å². The number of hydrogen-bond donors (Lipinski definition) is 1. The fourth-order valence-corrected chi connectivity index (χ4v) is 3.58. The Kier molecular flexibility index (Phi) is 3.10. The monoisotopic (exact) mass is 247 g/mol. The van der Waals surface area contributed by atoms with Crippen molar-refractivity contribution >= 4 is 17.7 Å². The van der Waals surface area contributed by atoms with Gasteiger partial charge in [-0.2, -0.15) is 0 Å². The number of hydrogen-bond acceptors (Lipinski definition) is 2. The molecule has 0 saturated heterocycles. The van der Waals surface area contributed by atoms with Gasteiger partial charge in [-0.1, -0.05) is 24.6 Å². The molecule has 1 aromatic rings. The fraction of sp³-hybridized carbons (Fsp3) is 0.500. The quantitative estimate of drug-likeness (QED) is 0.870. The lowest BCUT2D eigenvalue weighted by molar-refractivity contribution is -0.128. The Morgan fingerprint density at radius 2 is 2.06 bits per heavy atom. The molecule has 1 aliphatic heterocycles. The second-order valence-electron chi connectivity index (χ2n) is 4.86. The molecule has 1 aliphatic carbocycles. The van der Waals surface area contributed by atoms with Gasteiger partial charge < -0.3 is 5.32 Å². The van der Waals surface area contributed by atoms with Gasteiger partial charge in [0.1, 0.15) is 0 Å². The van der Waals surface area contributed by atoms with Crippen molar-refractivity contribution in [2.24, 2.45) is 5.92 Å². The van der Waals surface area contributed by atoms with Crippen LogP contribution in [0.5, 0.6) is 0 Å². The van der Waals surface area contributed by atoms with Gasteiger partial charge in [-0.3, -0.25) is 4.79 Å². The molecule has 2 nitrogen and oxygen atoms in total. The van der Waals surface area contributed by atoms with E-state index in [4.69, 9.17) is 0 Å². The van der Waals surface area contributed by atoms with Crippen molar-refractivity contribution in [2.75, 3.05) is 5.75 Å². The van der Waals surface area contributed by atoms with Crippen LogP contribution < -0.4 is 5.32 Å². The molecule has 0 spiro atoms. The Morgan fingerprint density at radius 3 is 2.82 bits per heavy atom. The summed E-state index contributed by atoms with van der Waals surface area (Å²) in [6.45, 7) is 0. The number of amides is 1. The largest absolute Gasteiger partial charge is 0.349 e. The summed E-state index contributed by atoms with van der Waals surface area (Å²) < 4.78 is 0. The minimum absolute atomic E-state index is 0.237. The van der Waals surface area contributed by atoms with E-state index in [0.29, 0.717) is 0 Å². The van der Waals surface area contributed by atoms with E-state index in [-0.39, 0.29) is 17.9 Å². The summed E-state index contributed by atoms with van der Waals surface area (Å²) in [6.07, 6.45) is 4.43. The third-order valence-electron chi connectivity index (χ3n) is 3.75. The lowest BCUT2D eigenvalue weighted by Gasteiger charge is -2.30. The first-order chi connectivity index (χ1) is 8.34. The molecule has 1 fully saturated rings. The predicted molar refractivity (Wildman–Crippen MR) is 70.0 cm³/mol. The Morgan fingerprint density at radius 1 is 1.24 bits per heavy atom. The van der Waals surface area contributed by atoms with Gasteiger partial charge in [0.2, 0.25) is 5.91 Å². The van der Waals surface area contributed by atoms with Crippen molar-refractivity contribution in [3.05, 3.63) is 29.8 Å². The zero-order valence-corrected chi connectivity index (χ0v) is 10.6. The summed E-state index contributed by atoms with van der Waals surface area (Å²) in [5.41, 5.74) is 1.30. The SMILES string of the molecule is O=C(N[C@@H]1CCSc2ccccc21)C1CCC1. The van der Waals surface area contributed by atoms with E-state index in [0.717, 1.165) is 25.0 Å². The minimum Gasteiger partial charge on any atom is -0.349 e. The van der Waals surface area contributed by atoms with E-state index in [9.17, 15) is 4.79 Å². The molecule has 1 heterocycles. The third kappa shape index (κ3) is 2.21. The lowest BCUT2D eigenvalue weighted by Crippen LogP contribution is -2.37. The minimum atomic E-state index is 0.237. The molecular weight excluding hydrogens is 230 g/mol. The maximum atomic E-state index is 12.0. The number of carbonyl (C=O) groups is 1. The Balaban J connectivity index is 1.73. The maximum absolute atomic E-state index is 12.0. The number of fused-ring (bicyclic) bond motifs is 1. The van der Waals surface area contributed by atoms with Crippen LogP contribution in [0.1, 0.15) is 37.3 Å². The van der Waals surface area contributed by atoms with Crippen molar-refractivity contribution in [3.8, 4) is 0 Å². The van der Waals surface area contributed by atoms with Crippen molar-refractivity contribution in [3.63, 3.8) is 0 Å². The molecule has 3 heteroatoms. The molecule has 1 N–H and O–H groups in total. The molecule has 0 aromatic heterocycles. The molecule has 90 valence electrons. The van der Waals surface area contributed by atoms with E-state index >= 15 is 0 Å². The second-order valence-corrected chi connectivity index (χ2v) is 6.00. The van der Waals surface area contributed by atoms with E-state index in [2.05, 4.69) is 29.6 Å². The van der Waals surface area contributed by atoms with E-state index in [1.807, 2.05) is 11.8 Å². The number of carbonyl (C=O) groups excluding carboxylic acids is 1. The molecule has 2 aliphatic rings. The maximum Gasteiger partial charge on any atom is 0.223 e. The smallest absolute Gasteiger partial charge is 0.223 e. The van der Waals surface area contributed by atoms with Gasteiger partial charge in [-0.15, -0.1) is 11.8 Å². The zero-order chi connectivity index (χ0) is 11.7. The molecule has 1 atom stereocenters. The van der Waals surface area contributed by atoms with Gasteiger partial charge in [-0.25, -0.2) is 0 Å². The van der Waals surface area contributed by atoms with E-state index in [1.54, 1.807) is 0 Å².